The Morgan fingerprint density at radius 1 is 1.67 bits per heavy atom. The molecule has 3 heteroatoms. The van der Waals surface area contributed by atoms with E-state index in [0.29, 0.717) is 5.88 Å². The van der Waals surface area contributed by atoms with Gasteiger partial charge in [0.2, 0.25) is 0 Å². The number of rotatable bonds is 2. The standard InChI is InChI=1S/C6H9NO2/c1-5(2)9-6-3-4-8-7-6/h3-5H,1-2H3. The van der Waals surface area contributed by atoms with Gasteiger partial charge in [0, 0.05) is 6.07 Å². The third kappa shape index (κ3) is 1.76. The maximum atomic E-state index is 5.15. The fourth-order valence-electron chi connectivity index (χ4n) is 0.504. The molecule has 0 saturated carbocycles. The van der Waals surface area contributed by atoms with Crippen LogP contribution in [0.15, 0.2) is 16.9 Å². The summed E-state index contributed by atoms with van der Waals surface area (Å²) in [6, 6.07) is 1.68. The molecule has 0 unspecified atom stereocenters. The molecule has 0 aromatic carbocycles. The van der Waals surface area contributed by atoms with Gasteiger partial charge in [-0.3, -0.25) is 0 Å². The van der Waals surface area contributed by atoms with Crippen LogP contribution in [0.4, 0.5) is 0 Å². The molecule has 0 spiro atoms. The number of aromatic nitrogens is 1. The van der Waals surface area contributed by atoms with E-state index in [1.807, 2.05) is 13.8 Å². The van der Waals surface area contributed by atoms with Crippen LogP contribution in [0.5, 0.6) is 5.88 Å². The second-order valence-electron chi connectivity index (χ2n) is 2.00. The van der Waals surface area contributed by atoms with Crippen molar-refractivity contribution in [2.75, 3.05) is 0 Å². The fourth-order valence-corrected chi connectivity index (χ4v) is 0.504. The van der Waals surface area contributed by atoms with Crippen molar-refractivity contribution in [3.8, 4) is 5.88 Å². The Morgan fingerprint density at radius 2 is 2.44 bits per heavy atom. The Bertz CT molecular complexity index is 158. The molecule has 50 valence electrons. The van der Waals surface area contributed by atoms with E-state index in [0.717, 1.165) is 0 Å². The van der Waals surface area contributed by atoms with Gasteiger partial charge in [-0.1, -0.05) is 0 Å². The molecule has 0 saturated heterocycles. The maximum Gasteiger partial charge on any atom is 0.254 e. The van der Waals surface area contributed by atoms with E-state index in [9.17, 15) is 0 Å². The Hall–Kier alpha value is -0.990. The van der Waals surface area contributed by atoms with Crippen LogP contribution in [0.25, 0.3) is 0 Å². The van der Waals surface area contributed by atoms with E-state index < -0.39 is 0 Å². The van der Waals surface area contributed by atoms with Crippen LogP contribution in [0.3, 0.4) is 0 Å². The number of ether oxygens (including phenoxy) is 1. The molecule has 0 bridgehead atoms. The highest BCUT2D eigenvalue weighted by Crippen LogP contribution is 2.06. The van der Waals surface area contributed by atoms with Gasteiger partial charge in [-0.2, -0.15) is 0 Å². The minimum absolute atomic E-state index is 0.162. The van der Waals surface area contributed by atoms with Gasteiger partial charge in [0.1, 0.15) is 6.26 Å². The second kappa shape index (κ2) is 2.53. The van der Waals surface area contributed by atoms with Crippen molar-refractivity contribution in [2.24, 2.45) is 0 Å². The summed E-state index contributed by atoms with van der Waals surface area (Å²) in [6.45, 7) is 3.88. The third-order valence-electron chi connectivity index (χ3n) is 0.771. The van der Waals surface area contributed by atoms with Gasteiger partial charge in [-0.15, -0.1) is 0 Å². The summed E-state index contributed by atoms with van der Waals surface area (Å²) in [5.41, 5.74) is 0. The van der Waals surface area contributed by atoms with Crippen LogP contribution >= 0.6 is 0 Å². The molecule has 0 aliphatic rings. The average molecular weight is 127 g/mol. The van der Waals surface area contributed by atoms with Gasteiger partial charge < -0.3 is 9.26 Å². The molecule has 0 atom stereocenters. The first kappa shape index (κ1) is 6.13. The SMILES string of the molecule is CC(C)Oc1ccon1. The average Bonchev–Trinajstić information content (AvgIpc) is 2.15. The van der Waals surface area contributed by atoms with Crippen molar-refractivity contribution in [1.82, 2.24) is 5.16 Å². The van der Waals surface area contributed by atoms with Gasteiger partial charge in [0.15, 0.2) is 0 Å². The molecule has 1 heterocycles. The highest BCUT2D eigenvalue weighted by Gasteiger charge is 1.97. The van der Waals surface area contributed by atoms with E-state index in [1.165, 1.54) is 6.26 Å². The zero-order valence-corrected chi connectivity index (χ0v) is 5.50. The minimum Gasteiger partial charge on any atom is -0.473 e. The maximum absolute atomic E-state index is 5.15. The van der Waals surface area contributed by atoms with Crippen LogP contribution in [0.1, 0.15) is 13.8 Å². The van der Waals surface area contributed by atoms with Crippen LogP contribution in [-0.2, 0) is 0 Å². The van der Waals surface area contributed by atoms with Crippen LogP contribution in [0.2, 0.25) is 0 Å². The van der Waals surface area contributed by atoms with E-state index in [2.05, 4.69) is 9.68 Å². The predicted molar refractivity (Wildman–Crippen MR) is 32.3 cm³/mol. The fraction of sp³-hybridized carbons (Fsp3) is 0.500. The lowest BCUT2D eigenvalue weighted by Gasteiger charge is -2.02. The normalized spacial score (nSPS) is 10.1. The zero-order valence-electron chi connectivity index (χ0n) is 5.50. The van der Waals surface area contributed by atoms with Crippen molar-refractivity contribution >= 4 is 0 Å². The van der Waals surface area contributed by atoms with E-state index in [-0.39, 0.29) is 6.10 Å². The molecule has 9 heavy (non-hydrogen) atoms. The molecule has 0 aliphatic carbocycles. The Labute approximate surface area is 53.6 Å². The molecule has 1 rings (SSSR count). The van der Waals surface area contributed by atoms with Crippen molar-refractivity contribution in [3.05, 3.63) is 12.3 Å². The van der Waals surface area contributed by atoms with Crippen LogP contribution in [0, 0.1) is 0 Å². The largest absolute Gasteiger partial charge is 0.473 e. The van der Waals surface area contributed by atoms with Gasteiger partial charge in [0.05, 0.1) is 6.10 Å². The quantitative estimate of drug-likeness (QED) is 0.603. The first-order valence-electron chi connectivity index (χ1n) is 2.86. The first-order chi connectivity index (χ1) is 4.29. The van der Waals surface area contributed by atoms with E-state index in [1.54, 1.807) is 6.07 Å². The summed E-state index contributed by atoms with van der Waals surface area (Å²) >= 11 is 0. The molecular weight excluding hydrogens is 118 g/mol. The molecule has 3 nitrogen and oxygen atoms in total. The highest BCUT2D eigenvalue weighted by atomic mass is 16.5. The van der Waals surface area contributed by atoms with Gasteiger partial charge in [-0.25, -0.2) is 0 Å². The topological polar surface area (TPSA) is 35.3 Å². The Kier molecular flexibility index (Phi) is 1.72. The summed E-state index contributed by atoms with van der Waals surface area (Å²) in [5.74, 6) is 0.546. The van der Waals surface area contributed by atoms with Crippen molar-refractivity contribution < 1.29 is 9.26 Å². The van der Waals surface area contributed by atoms with Crippen LogP contribution < -0.4 is 4.74 Å². The van der Waals surface area contributed by atoms with Gasteiger partial charge in [-0.05, 0) is 19.0 Å². The van der Waals surface area contributed by atoms with Gasteiger partial charge in [0.25, 0.3) is 5.88 Å². The lowest BCUT2D eigenvalue weighted by molar-refractivity contribution is 0.218. The zero-order chi connectivity index (χ0) is 6.69. The third-order valence-corrected chi connectivity index (χ3v) is 0.771. The summed E-state index contributed by atoms with van der Waals surface area (Å²) in [7, 11) is 0. The molecular formula is C6H9NO2. The Balaban J connectivity index is 2.48. The lowest BCUT2D eigenvalue weighted by atomic mass is 10.5. The molecule has 1 aromatic heterocycles. The molecule has 1 aromatic rings. The summed E-state index contributed by atoms with van der Waals surface area (Å²) in [4.78, 5) is 0. The first-order valence-corrected chi connectivity index (χ1v) is 2.86. The molecule has 0 fully saturated rings. The highest BCUT2D eigenvalue weighted by molar-refractivity contribution is 5.02. The lowest BCUT2D eigenvalue weighted by Crippen LogP contribution is -2.05. The number of nitrogens with zero attached hydrogens (tertiary/aromatic N) is 1. The van der Waals surface area contributed by atoms with Crippen molar-refractivity contribution in [2.45, 2.75) is 20.0 Å². The smallest absolute Gasteiger partial charge is 0.254 e. The number of hydrogen-bond donors (Lipinski definition) is 0. The summed E-state index contributed by atoms with van der Waals surface area (Å²) < 4.78 is 9.69. The Morgan fingerprint density at radius 3 is 2.89 bits per heavy atom. The molecule has 0 aliphatic heterocycles. The van der Waals surface area contributed by atoms with Crippen molar-refractivity contribution in [3.63, 3.8) is 0 Å². The van der Waals surface area contributed by atoms with E-state index in [4.69, 9.17) is 4.74 Å². The van der Waals surface area contributed by atoms with Crippen LogP contribution in [-0.4, -0.2) is 11.3 Å². The second-order valence-corrected chi connectivity index (χ2v) is 2.00. The molecule has 0 N–H and O–H groups in total. The van der Waals surface area contributed by atoms with Crippen molar-refractivity contribution in [1.29, 1.82) is 0 Å². The predicted octanol–water partition coefficient (Wildman–Crippen LogP) is 1.46. The minimum atomic E-state index is 0.162. The monoisotopic (exact) mass is 127 g/mol. The summed E-state index contributed by atoms with van der Waals surface area (Å²) in [6.07, 6.45) is 1.65. The van der Waals surface area contributed by atoms with E-state index >= 15 is 0 Å². The van der Waals surface area contributed by atoms with Gasteiger partial charge >= 0.3 is 0 Å². The molecule has 0 radical (unpaired) electrons. The summed E-state index contributed by atoms with van der Waals surface area (Å²) in [5, 5.41) is 3.56. The molecule has 0 amide bonds. The number of hydrogen-bond acceptors (Lipinski definition) is 3.